The van der Waals surface area contributed by atoms with Crippen LogP contribution in [-0.4, -0.2) is 9.97 Å². The Bertz CT molecular complexity index is 430. The molecule has 0 aliphatic heterocycles. The summed E-state index contributed by atoms with van der Waals surface area (Å²) in [6, 6.07) is 3.82. The van der Waals surface area contributed by atoms with Crippen LogP contribution in [0.3, 0.4) is 0 Å². The predicted molar refractivity (Wildman–Crippen MR) is 59.6 cm³/mol. The molecule has 16 heavy (non-hydrogen) atoms. The molecular formula is C12H14N4. The van der Waals surface area contributed by atoms with E-state index in [4.69, 9.17) is 10.5 Å². The molecule has 0 atom stereocenters. The number of rotatable bonds is 2. The minimum Gasteiger partial charge on any atom is -0.237 e. The highest BCUT2D eigenvalue weighted by molar-refractivity contribution is 5.38. The molecule has 0 saturated heterocycles. The van der Waals surface area contributed by atoms with Gasteiger partial charge in [0, 0.05) is 0 Å². The van der Waals surface area contributed by atoms with Crippen LogP contribution in [0.15, 0.2) is 0 Å². The standard InChI is InChI=1S/C12H14N4/c1-7(2)11-12(8(3)4)16-10(6-14)9(5-13)15-11/h7-8H,1-4H3. The molecule has 82 valence electrons. The fourth-order valence-electron chi connectivity index (χ4n) is 1.47. The largest absolute Gasteiger partial charge is 0.237 e. The third-order valence-electron chi connectivity index (χ3n) is 2.26. The van der Waals surface area contributed by atoms with Gasteiger partial charge in [0.25, 0.3) is 0 Å². The topological polar surface area (TPSA) is 73.4 Å². The predicted octanol–water partition coefficient (Wildman–Crippen LogP) is 2.47. The summed E-state index contributed by atoms with van der Waals surface area (Å²) in [6.45, 7) is 8.01. The first-order chi connectivity index (χ1) is 7.51. The van der Waals surface area contributed by atoms with E-state index in [1.807, 2.05) is 39.8 Å². The van der Waals surface area contributed by atoms with Gasteiger partial charge in [0.2, 0.25) is 0 Å². The van der Waals surface area contributed by atoms with Crippen LogP contribution in [0, 0.1) is 22.7 Å². The van der Waals surface area contributed by atoms with Crippen molar-refractivity contribution in [3.8, 4) is 12.1 Å². The molecule has 0 unspecified atom stereocenters. The molecule has 0 fully saturated rings. The smallest absolute Gasteiger partial charge is 0.177 e. The number of hydrogen-bond donors (Lipinski definition) is 0. The Morgan fingerprint density at radius 3 is 1.31 bits per heavy atom. The minimum atomic E-state index is 0.121. The maximum Gasteiger partial charge on any atom is 0.177 e. The highest BCUT2D eigenvalue weighted by atomic mass is 14.9. The van der Waals surface area contributed by atoms with Crippen molar-refractivity contribution in [3.63, 3.8) is 0 Å². The van der Waals surface area contributed by atoms with Crippen molar-refractivity contribution >= 4 is 0 Å². The highest BCUT2D eigenvalue weighted by Gasteiger charge is 2.17. The normalized spacial score (nSPS) is 10.2. The van der Waals surface area contributed by atoms with E-state index in [2.05, 4.69) is 9.97 Å². The highest BCUT2D eigenvalue weighted by Crippen LogP contribution is 2.23. The zero-order chi connectivity index (χ0) is 12.3. The molecule has 0 radical (unpaired) electrons. The van der Waals surface area contributed by atoms with Crippen molar-refractivity contribution in [1.82, 2.24) is 9.97 Å². The lowest BCUT2D eigenvalue weighted by atomic mass is 10.00. The van der Waals surface area contributed by atoms with Crippen LogP contribution in [-0.2, 0) is 0 Å². The molecule has 0 aliphatic rings. The van der Waals surface area contributed by atoms with E-state index < -0.39 is 0 Å². The van der Waals surface area contributed by atoms with Gasteiger partial charge in [-0.25, -0.2) is 9.97 Å². The summed E-state index contributed by atoms with van der Waals surface area (Å²) in [5.41, 5.74) is 1.86. The van der Waals surface area contributed by atoms with Gasteiger partial charge < -0.3 is 0 Å². The van der Waals surface area contributed by atoms with Gasteiger partial charge in [-0.3, -0.25) is 0 Å². The Morgan fingerprint density at radius 2 is 1.12 bits per heavy atom. The SMILES string of the molecule is CC(C)c1nc(C#N)c(C#N)nc1C(C)C. The molecule has 0 saturated carbocycles. The number of aromatic nitrogens is 2. The Balaban J connectivity index is 3.51. The molecule has 4 nitrogen and oxygen atoms in total. The second-order valence-electron chi connectivity index (χ2n) is 4.22. The lowest BCUT2D eigenvalue weighted by molar-refractivity contribution is 0.721. The molecule has 4 heteroatoms. The molecule has 0 aromatic carbocycles. The van der Waals surface area contributed by atoms with E-state index in [0.717, 1.165) is 11.4 Å². The number of nitrogens with zero attached hydrogens (tertiary/aromatic N) is 4. The van der Waals surface area contributed by atoms with Gasteiger partial charge in [-0.2, -0.15) is 10.5 Å². The summed E-state index contributed by atoms with van der Waals surface area (Å²) in [4.78, 5) is 8.47. The van der Waals surface area contributed by atoms with Crippen LogP contribution < -0.4 is 0 Å². The van der Waals surface area contributed by atoms with Crippen molar-refractivity contribution in [1.29, 1.82) is 10.5 Å². The quantitative estimate of drug-likeness (QED) is 0.758. The first kappa shape index (κ1) is 12.1. The summed E-state index contributed by atoms with van der Waals surface area (Å²) in [5.74, 6) is 0.398. The van der Waals surface area contributed by atoms with Gasteiger partial charge in [-0.05, 0) is 11.8 Å². The van der Waals surface area contributed by atoms with Crippen molar-refractivity contribution in [2.75, 3.05) is 0 Å². The van der Waals surface area contributed by atoms with E-state index in [9.17, 15) is 0 Å². The van der Waals surface area contributed by atoms with Crippen LogP contribution in [0.4, 0.5) is 0 Å². The second-order valence-corrected chi connectivity index (χ2v) is 4.22. The molecule has 0 aliphatic carbocycles. The molecule has 1 heterocycles. The summed E-state index contributed by atoms with van der Waals surface area (Å²) in [6.07, 6.45) is 0. The molecule has 0 amide bonds. The van der Waals surface area contributed by atoms with Crippen molar-refractivity contribution < 1.29 is 0 Å². The van der Waals surface area contributed by atoms with Gasteiger partial charge in [0.1, 0.15) is 12.1 Å². The second kappa shape index (κ2) is 4.72. The van der Waals surface area contributed by atoms with Crippen LogP contribution in [0.25, 0.3) is 0 Å². The minimum absolute atomic E-state index is 0.121. The Morgan fingerprint density at radius 1 is 0.812 bits per heavy atom. The van der Waals surface area contributed by atoms with E-state index in [1.54, 1.807) is 0 Å². The van der Waals surface area contributed by atoms with E-state index >= 15 is 0 Å². The summed E-state index contributed by atoms with van der Waals surface area (Å²) >= 11 is 0. The van der Waals surface area contributed by atoms with Gasteiger partial charge >= 0.3 is 0 Å². The molecule has 0 N–H and O–H groups in total. The van der Waals surface area contributed by atoms with E-state index in [0.29, 0.717) is 0 Å². The first-order valence-electron chi connectivity index (χ1n) is 5.23. The molecular weight excluding hydrogens is 200 g/mol. The van der Waals surface area contributed by atoms with Crippen molar-refractivity contribution in [3.05, 3.63) is 22.8 Å². The molecule has 1 aromatic rings. The monoisotopic (exact) mass is 214 g/mol. The lowest BCUT2D eigenvalue weighted by Crippen LogP contribution is -2.09. The Kier molecular flexibility index (Phi) is 3.58. The molecule has 0 bridgehead atoms. The third-order valence-corrected chi connectivity index (χ3v) is 2.26. The fourth-order valence-corrected chi connectivity index (χ4v) is 1.47. The average molecular weight is 214 g/mol. The van der Waals surface area contributed by atoms with Gasteiger partial charge in [-0.15, -0.1) is 0 Å². The van der Waals surface area contributed by atoms with Gasteiger partial charge in [0.15, 0.2) is 11.4 Å². The molecule has 0 spiro atoms. The van der Waals surface area contributed by atoms with Crippen LogP contribution >= 0.6 is 0 Å². The maximum atomic E-state index is 8.88. The first-order valence-corrected chi connectivity index (χ1v) is 5.23. The fraction of sp³-hybridized carbons (Fsp3) is 0.500. The van der Waals surface area contributed by atoms with Crippen molar-refractivity contribution in [2.45, 2.75) is 39.5 Å². The Hall–Kier alpha value is -1.94. The zero-order valence-corrected chi connectivity index (χ0v) is 9.94. The molecule has 1 rings (SSSR count). The third kappa shape index (κ3) is 2.17. The van der Waals surface area contributed by atoms with E-state index in [1.165, 1.54) is 0 Å². The number of nitriles is 2. The average Bonchev–Trinajstić information content (AvgIpc) is 2.26. The van der Waals surface area contributed by atoms with Gasteiger partial charge in [-0.1, -0.05) is 27.7 Å². The van der Waals surface area contributed by atoms with Crippen molar-refractivity contribution in [2.24, 2.45) is 0 Å². The summed E-state index contributed by atoms with van der Waals surface area (Å²) in [5, 5.41) is 17.8. The number of hydrogen-bond acceptors (Lipinski definition) is 4. The Labute approximate surface area is 95.6 Å². The van der Waals surface area contributed by atoms with Gasteiger partial charge in [0.05, 0.1) is 11.4 Å². The maximum absolute atomic E-state index is 8.88. The van der Waals surface area contributed by atoms with E-state index in [-0.39, 0.29) is 23.2 Å². The van der Waals surface area contributed by atoms with Crippen LogP contribution in [0.5, 0.6) is 0 Å². The summed E-state index contributed by atoms with van der Waals surface area (Å²) in [7, 11) is 0. The van der Waals surface area contributed by atoms with Crippen LogP contribution in [0.2, 0.25) is 0 Å². The van der Waals surface area contributed by atoms with Crippen LogP contribution in [0.1, 0.15) is 62.3 Å². The lowest BCUT2D eigenvalue weighted by Gasteiger charge is -2.14. The summed E-state index contributed by atoms with van der Waals surface area (Å²) < 4.78 is 0. The molecule has 1 aromatic heterocycles. The zero-order valence-electron chi connectivity index (χ0n) is 9.94.